The van der Waals surface area contributed by atoms with Crippen molar-refractivity contribution >= 4 is 5.91 Å². The number of ether oxygens (including phenoxy) is 4. The molecule has 2 aliphatic heterocycles. The second-order valence-corrected chi connectivity index (χ2v) is 20.8. The highest BCUT2D eigenvalue weighted by molar-refractivity contribution is 5.76. The van der Waals surface area contributed by atoms with Crippen LogP contribution in [0.5, 0.6) is 0 Å². The maximum Gasteiger partial charge on any atom is 0.220 e. The molecule has 0 aliphatic carbocycles. The van der Waals surface area contributed by atoms with Gasteiger partial charge in [-0.25, -0.2) is 0 Å². The van der Waals surface area contributed by atoms with Crippen molar-refractivity contribution in [1.29, 1.82) is 0 Å². The normalized spacial score (nSPS) is 25.7. The van der Waals surface area contributed by atoms with Crippen molar-refractivity contribution in [2.45, 2.75) is 299 Å². The van der Waals surface area contributed by atoms with Crippen LogP contribution in [0, 0.1) is 0 Å². The molecular weight excluding hydrogens is 931 g/mol. The lowest BCUT2D eigenvalue weighted by Crippen LogP contribution is -2.65. The monoisotopic (exact) mass is 1040 g/mol. The highest BCUT2D eigenvalue weighted by atomic mass is 16.7. The van der Waals surface area contributed by atoms with Gasteiger partial charge in [-0.05, 0) is 64.2 Å². The van der Waals surface area contributed by atoms with Gasteiger partial charge >= 0.3 is 0 Å². The number of amides is 1. The molecule has 0 aromatic heterocycles. The zero-order chi connectivity index (χ0) is 53.2. The summed E-state index contributed by atoms with van der Waals surface area (Å²) in [5.41, 5.74) is 0. The summed E-state index contributed by atoms with van der Waals surface area (Å²) in [5.74, 6) is -0.251. The van der Waals surface area contributed by atoms with Crippen molar-refractivity contribution < 1.29 is 64.6 Å². The minimum atomic E-state index is -1.79. The molecule has 2 fully saturated rings. The predicted molar refractivity (Wildman–Crippen MR) is 291 cm³/mol. The standard InChI is InChI=1S/C59H107NO13/c1-3-5-7-9-11-13-15-16-17-18-19-20-21-22-23-24-25-26-27-28-29-30-31-32-33-35-37-39-41-43-51(64)60-47(48(63)42-40-38-36-34-14-12-10-8-6-4-2)46-70-58-56(69)54(67)57(50(45-62)72-58)73-59-55(68)53(66)52(65)49(44-61)71-59/h14-16,18-19,34,40,42,47-50,52-59,61-63,65-69H,3-13,17,20-33,35-39,41,43-46H2,1-2H3,(H,60,64)/b16-15-,19-18-,34-14+,42-40+. The number of aliphatic hydroxyl groups excluding tert-OH is 8. The Morgan fingerprint density at radius 1 is 0.493 bits per heavy atom. The fourth-order valence-electron chi connectivity index (χ4n) is 9.45. The molecule has 12 atom stereocenters. The molecule has 2 rings (SSSR count). The number of hydrogen-bond acceptors (Lipinski definition) is 13. The number of carbonyl (C=O) groups is 1. The van der Waals surface area contributed by atoms with Crippen LogP contribution >= 0.6 is 0 Å². The Labute approximate surface area is 442 Å². The number of unbranched alkanes of at least 4 members (excludes halogenated alkanes) is 27. The van der Waals surface area contributed by atoms with E-state index in [1.165, 1.54) is 154 Å². The first-order chi connectivity index (χ1) is 35.6. The molecule has 0 bridgehead atoms. The quantitative estimate of drug-likeness (QED) is 0.0205. The number of aliphatic hydroxyl groups is 8. The summed E-state index contributed by atoms with van der Waals surface area (Å²) in [4.78, 5) is 13.2. The highest BCUT2D eigenvalue weighted by Gasteiger charge is 2.51. The van der Waals surface area contributed by atoms with Gasteiger partial charge in [0.1, 0.15) is 48.8 Å². The molecule has 2 heterocycles. The molecule has 0 radical (unpaired) electrons. The van der Waals surface area contributed by atoms with Gasteiger partial charge in [0, 0.05) is 6.42 Å². The van der Waals surface area contributed by atoms with E-state index >= 15 is 0 Å². The summed E-state index contributed by atoms with van der Waals surface area (Å²) in [5, 5.41) is 86.8. The third-order valence-corrected chi connectivity index (χ3v) is 14.2. The first kappa shape index (κ1) is 67.1. The Kier molecular flexibility index (Phi) is 41.4. The van der Waals surface area contributed by atoms with Crippen molar-refractivity contribution in [3.05, 3.63) is 48.6 Å². The summed E-state index contributed by atoms with van der Waals surface area (Å²) in [6, 6.07) is -0.929. The molecule has 2 saturated heterocycles. The lowest BCUT2D eigenvalue weighted by atomic mass is 9.97. The average molecular weight is 1040 g/mol. The molecule has 2 aliphatic rings. The van der Waals surface area contributed by atoms with Gasteiger partial charge in [0.15, 0.2) is 12.6 Å². The van der Waals surface area contributed by atoms with Crippen LogP contribution in [-0.4, -0.2) is 140 Å². The topological polar surface area (TPSA) is 228 Å². The minimum absolute atomic E-state index is 0.251. The van der Waals surface area contributed by atoms with Crippen LogP contribution in [0.1, 0.15) is 226 Å². The van der Waals surface area contributed by atoms with Crippen LogP contribution in [0.2, 0.25) is 0 Å². The summed E-state index contributed by atoms with van der Waals surface area (Å²) in [6.07, 6.45) is 39.0. The molecule has 0 saturated carbocycles. The number of nitrogens with one attached hydrogen (secondary N) is 1. The molecule has 9 N–H and O–H groups in total. The molecule has 426 valence electrons. The van der Waals surface area contributed by atoms with Crippen LogP contribution in [0.3, 0.4) is 0 Å². The molecule has 0 aromatic rings. The van der Waals surface area contributed by atoms with Crippen molar-refractivity contribution in [2.24, 2.45) is 0 Å². The van der Waals surface area contributed by atoms with E-state index in [0.29, 0.717) is 12.8 Å². The molecule has 1 amide bonds. The lowest BCUT2D eigenvalue weighted by molar-refractivity contribution is -0.359. The fourth-order valence-corrected chi connectivity index (χ4v) is 9.45. The second kappa shape index (κ2) is 45.0. The average Bonchev–Trinajstić information content (AvgIpc) is 3.39. The summed E-state index contributed by atoms with van der Waals surface area (Å²) >= 11 is 0. The summed E-state index contributed by atoms with van der Waals surface area (Å²) in [6.45, 7) is 2.72. The first-order valence-electron chi connectivity index (χ1n) is 29.4. The molecule has 14 heteroatoms. The Morgan fingerprint density at radius 2 is 0.918 bits per heavy atom. The van der Waals surface area contributed by atoms with Crippen molar-refractivity contribution in [3.8, 4) is 0 Å². The largest absolute Gasteiger partial charge is 0.394 e. The van der Waals surface area contributed by atoms with Gasteiger partial charge in [-0.2, -0.15) is 0 Å². The molecule has 12 unspecified atom stereocenters. The number of carbonyl (C=O) groups excluding carboxylic acids is 1. The van der Waals surface area contributed by atoms with E-state index in [9.17, 15) is 45.6 Å². The third kappa shape index (κ3) is 31.1. The van der Waals surface area contributed by atoms with E-state index in [-0.39, 0.29) is 18.9 Å². The SMILES string of the molecule is CCCCCC/C=C/CC/C=C/C(O)C(COC1OC(CO)C(OC2OC(CO)C(O)C(O)C2O)C(O)C1O)NC(=O)CCCCCCCCCCCCCCCCCCC/C=C\C/C=C\CCCCCCC. The Morgan fingerprint density at radius 3 is 1.44 bits per heavy atom. The maximum absolute atomic E-state index is 13.2. The van der Waals surface area contributed by atoms with Crippen LogP contribution in [0.15, 0.2) is 48.6 Å². The van der Waals surface area contributed by atoms with Gasteiger partial charge in [0.25, 0.3) is 0 Å². The molecular formula is C59H107NO13. The van der Waals surface area contributed by atoms with E-state index in [4.69, 9.17) is 18.9 Å². The number of hydrogen-bond donors (Lipinski definition) is 9. The summed E-state index contributed by atoms with van der Waals surface area (Å²) in [7, 11) is 0. The van der Waals surface area contributed by atoms with Crippen LogP contribution in [0.4, 0.5) is 0 Å². The van der Waals surface area contributed by atoms with Gasteiger partial charge in [-0.1, -0.05) is 204 Å². The van der Waals surface area contributed by atoms with E-state index in [1.807, 2.05) is 6.08 Å². The second-order valence-electron chi connectivity index (χ2n) is 20.8. The van der Waals surface area contributed by atoms with E-state index in [2.05, 4.69) is 55.6 Å². The fraction of sp³-hybridized carbons (Fsp3) is 0.847. The third-order valence-electron chi connectivity index (χ3n) is 14.2. The van der Waals surface area contributed by atoms with Gasteiger partial charge in [-0.3, -0.25) is 4.79 Å². The van der Waals surface area contributed by atoms with E-state index < -0.39 is 86.8 Å². The molecule has 0 aromatic carbocycles. The smallest absolute Gasteiger partial charge is 0.220 e. The van der Waals surface area contributed by atoms with Gasteiger partial charge in [-0.15, -0.1) is 0 Å². The van der Waals surface area contributed by atoms with E-state index in [0.717, 1.165) is 38.5 Å². The zero-order valence-electron chi connectivity index (χ0n) is 45.6. The number of allylic oxidation sites excluding steroid dienone is 7. The number of rotatable bonds is 46. The molecule has 73 heavy (non-hydrogen) atoms. The van der Waals surface area contributed by atoms with Gasteiger partial charge in [0.05, 0.1) is 32.0 Å². The Bertz CT molecular complexity index is 1410. The summed E-state index contributed by atoms with van der Waals surface area (Å²) < 4.78 is 22.7. The van der Waals surface area contributed by atoms with Crippen molar-refractivity contribution in [2.75, 3.05) is 19.8 Å². The zero-order valence-corrected chi connectivity index (χ0v) is 45.6. The van der Waals surface area contributed by atoms with Crippen LogP contribution in [0.25, 0.3) is 0 Å². The van der Waals surface area contributed by atoms with Crippen LogP contribution in [-0.2, 0) is 23.7 Å². The predicted octanol–water partition coefficient (Wildman–Crippen LogP) is 9.61. The van der Waals surface area contributed by atoms with Crippen LogP contribution < -0.4 is 5.32 Å². The lowest BCUT2D eigenvalue weighted by Gasteiger charge is -2.46. The Balaban J connectivity index is 1.66. The highest BCUT2D eigenvalue weighted by Crippen LogP contribution is 2.30. The molecule has 14 nitrogen and oxygen atoms in total. The Hall–Kier alpha value is -2.05. The first-order valence-corrected chi connectivity index (χ1v) is 29.4. The minimum Gasteiger partial charge on any atom is -0.394 e. The van der Waals surface area contributed by atoms with E-state index in [1.54, 1.807) is 6.08 Å². The maximum atomic E-state index is 13.2. The van der Waals surface area contributed by atoms with Crippen molar-refractivity contribution in [1.82, 2.24) is 5.32 Å². The van der Waals surface area contributed by atoms with Gasteiger partial charge in [0.2, 0.25) is 5.91 Å². The molecule has 0 spiro atoms. The van der Waals surface area contributed by atoms with Crippen molar-refractivity contribution in [3.63, 3.8) is 0 Å². The van der Waals surface area contributed by atoms with Gasteiger partial charge < -0.3 is 65.1 Å².